The maximum absolute atomic E-state index is 13.6. The Morgan fingerprint density at radius 3 is 3.08 bits per heavy atom. The van der Waals surface area contributed by atoms with Crippen LogP contribution in [0, 0.1) is 12.7 Å². The van der Waals surface area contributed by atoms with E-state index in [1.807, 2.05) is 23.6 Å². The van der Waals surface area contributed by atoms with E-state index in [-0.39, 0.29) is 5.82 Å². The number of hydrogen-bond donors (Lipinski definition) is 1. The van der Waals surface area contributed by atoms with Gasteiger partial charge in [0.15, 0.2) is 0 Å². The molecule has 0 radical (unpaired) electrons. The predicted octanol–water partition coefficient (Wildman–Crippen LogP) is 4.97. The third-order valence-corrected chi connectivity index (χ3v) is 6.06. The molecule has 0 amide bonds. The Kier molecular flexibility index (Phi) is 4.68. The average molecular weight is 355 g/mol. The van der Waals surface area contributed by atoms with Crippen molar-refractivity contribution in [2.45, 2.75) is 32.2 Å². The number of benzene rings is 1. The molecule has 1 aliphatic rings. The van der Waals surface area contributed by atoms with Crippen LogP contribution in [0.4, 0.5) is 4.39 Å². The highest BCUT2D eigenvalue weighted by Crippen LogP contribution is 2.34. The molecular formula is C20H22FN3S. The van der Waals surface area contributed by atoms with Gasteiger partial charge in [0.2, 0.25) is 0 Å². The SMILES string of the molecule is Cc1ccsc1CN1CCC[C@H](c2[nH]ncc2-c2cccc(F)c2)C1. The van der Waals surface area contributed by atoms with E-state index in [1.54, 1.807) is 12.1 Å². The fourth-order valence-electron chi connectivity index (χ4n) is 3.70. The van der Waals surface area contributed by atoms with E-state index in [2.05, 4.69) is 33.5 Å². The molecule has 1 aliphatic heterocycles. The summed E-state index contributed by atoms with van der Waals surface area (Å²) in [7, 11) is 0. The molecule has 130 valence electrons. The second kappa shape index (κ2) is 7.10. The summed E-state index contributed by atoms with van der Waals surface area (Å²) in [4.78, 5) is 3.99. The average Bonchev–Trinajstić information content (AvgIpc) is 3.25. The van der Waals surface area contributed by atoms with E-state index in [9.17, 15) is 4.39 Å². The lowest BCUT2D eigenvalue weighted by Crippen LogP contribution is -2.34. The van der Waals surface area contributed by atoms with Gasteiger partial charge in [-0.1, -0.05) is 12.1 Å². The largest absolute Gasteiger partial charge is 0.298 e. The Morgan fingerprint density at radius 1 is 1.36 bits per heavy atom. The topological polar surface area (TPSA) is 31.9 Å². The van der Waals surface area contributed by atoms with Crippen LogP contribution < -0.4 is 0 Å². The smallest absolute Gasteiger partial charge is 0.123 e. The van der Waals surface area contributed by atoms with Gasteiger partial charge in [0, 0.05) is 35.1 Å². The van der Waals surface area contributed by atoms with E-state index in [1.165, 1.54) is 22.9 Å². The maximum Gasteiger partial charge on any atom is 0.123 e. The summed E-state index contributed by atoms with van der Waals surface area (Å²) >= 11 is 1.84. The Balaban J connectivity index is 1.54. The predicted molar refractivity (Wildman–Crippen MR) is 100 cm³/mol. The molecular weight excluding hydrogens is 333 g/mol. The zero-order valence-corrected chi connectivity index (χ0v) is 15.2. The monoisotopic (exact) mass is 355 g/mol. The number of halogens is 1. The lowest BCUT2D eigenvalue weighted by Gasteiger charge is -2.32. The minimum absolute atomic E-state index is 0.205. The van der Waals surface area contributed by atoms with Gasteiger partial charge in [0.25, 0.3) is 0 Å². The quantitative estimate of drug-likeness (QED) is 0.717. The molecule has 3 nitrogen and oxygen atoms in total. The van der Waals surface area contributed by atoms with Gasteiger partial charge in [-0.25, -0.2) is 4.39 Å². The highest BCUT2D eigenvalue weighted by molar-refractivity contribution is 7.10. The highest BCUT2D eigenvalue weighted by atomic mass is 32.1. The van der Waals surface area contributed by atoms with Crippen LogP contribution in [0.15, 0.2) is 41.9 Å². The molecule has 1 atom stereocenters. The van der Waals surface area contributed by atoms with Crippen molar-refractivity contribution >= 4 is 11.3 Å². The van der Waals surface area contributed by atoms with Gasteiger partial charge in [0.05, 0.1) is 6.20 Å². The molecule has 1 N–H and O–H groups in total. The third-order valence-electron chi connectivity index (χ3n) is 5.05. The van der Waals surface area contributed by atoms with Gasteiger partial charge in [-0.2, -0.15) is 5.10 Å². The second-order valence-corrected chi connectivity index (χ2v) is 7.81. The lowest BCUT2D eigenvalue weighted by molar-refractivity contribution is 0.200. The Hall–Kier alpha value is -1.98. The Labute approximate surface area is 151 Å². The van der Waals surface area contributed by atoms with E-state index in [4.69, 9.17) is 0 Å². The molecule has 3 heterocycles. The van der Waals surface area contributed by atoms with Crippen LogP contribution in [0.25, 0.3) is 11.1 Å². The first kappa shape index (κ1) is 16.5. The van der Waals surface area contributed by atoms with Crippen LogP contribution >= 0.6 is 11.3 Å². The van der Waals surface area contributed by atoms with Crippen molar-refractivity contribution < 1.29 is 4.39 Å². The summed E-state index contributed by atoms with van der Waals surface area (Å²) in [5, 5.41) is 9.61. The molecule has 0 aliphatic carbocycles. The van der Waals surface area contributed by atoms with Crippen molar-refractivity contribution in [3.63, 3.8) is 0 Å². The van der Waals surface area contributed by atoms with Gasteiger partial charge >= 0.3 is 0 Å². The van der Waals surface area contributed by atoms with Crippen LogP contribution in [0.5, 0.6) is 0 Å². The lowest BCUT2D eigenvalue weighted by atomic mass is 9.90. The van der Waals surface area contributed by atoms with Crippen molar-refractivity contribution in [1.82, 2.24) is 15.1 Å². The van der Waals surface area contributed by atoms with Crippen molar-refractivity contribution in [3.8, 4) is 11.1 Å². The molecule has 3 aromatic rings. The van der Waals surface area contributed by atoms with Gasteiger partial charge in [0.1, 0.15) is 5.82 Å². The number of H-pyrrole nitrogens is 1. The van der Waals surface area contributed by atoms with Gasteiger partial charge in [-0.3, -0.25) is 10.00 Å². The van der Waals surface area contributed by atoms with Crippen LogP contribution in [0.1, 0.15) is 34.9 Å². The molecule has 2 aromatic heterocycles. The number of aromatic amines is 1. The standard InChI is InChI=1S/C20H22FN3S/c1-14-7-9-25-19(14)13-24-8-3-5-16(12-24)20-18(11-22-23-20)15-4-2-6-17(21)10-15/h2,4,6-7,9-11,16H,3,5,8,12-13H2,1H3,(H,22,23)/t16-/m0/s1. The van der Waals surface area contributed by atoms with Crippen LogP contribution in [-0.4, -0.2) is 28.2 Å². The third kappa shape index (κ3) is 3.53. The molecule has 4 rings (SSSR count). The van der Waals surface area contributed by atoms with E-state index >= 15 is 0 Å². The molecule has 0 unspecified atom stereocenters. The zero-order valence-electron chi connectivity index (χ0n) is 14.3. The molecule has 0 bridgehead atoms. The fourth-order valence-corrected chi connectivity index (χ4v) is 4.64. The van der Waals surface area contributed by atoms with Gasteiger partial charge in [-0.15, -0.1) is 11.3 Å². The van der Waals surface area contributed by atoms with Crippen LogP contribution in [0.2, 0.25) is 0 Å². The van der Waals surface area contributed by atoms with Crippen LogP contribution in [0.3, 0.4) is 0 Å². The molecule has 0 spiro atoms. The number of nitrogens with zero attached hydrogens (tertiary/aromatic N) is 2. The number of aryl methyl sites for hydroxylation is 1. The summed E-state index contributed by atoms with van der Waals surface area (Å²) in [6.07, 6.45) is 4.15. The number of aromatic nitrogens is 2. The number of piperidine rings is 1. The first-order valence-corrected chi connectivity index (χ1v) is 9.63. The van der Waals surface area contributed by atoms with Crippen molar-refractivity contribution in [1.29, 1.82) is 0 Å². The molecule has 1 fully saturated rings. The minimum atomic E-state index is -0.205. The summed E-state index contributed by atoms with van der Waals surface area (Å²) in [5.41, 5.74) is 4.45. The Bertz CT molecular complexity index is 854. The van der Waals surface area contributed by atoms with E-state index < -0.39 is 0 Å². The first-order chi connectivity index (χ1) is 12.2. The van der Waals surface area contributed by atoms with Crippen molar-refractivity contribution in [2.75, 3.05) is 13.1 Å². The first-order valence-electron chi connectivity index (χ1n) is 8.75. The van der Waals surface area contributed by atoms with Crippen molar-refractivity contribution in [3.05, 3.63) is 63.9 Å². The number of rotatable bonds is 4. The molecule has 1 aromatic carbocycles. The molecule has 25 heavy (non-hydrogen) atoms. The summed E-state index contributed by atoms with van der Waals surface area (Å²) in [6, 6.07) is 8.97. The molecule has 1 saturated heterocycles. The number of likely N-dealkylation sites (tertiary alicyclic amines) is 1. The number of nitrogens with one attached hydrogen (secondary N) is 1. The minimum Gasteiger partial charge on any atom is -0.298 e. The van der Waals surface area contributed by atoms with Crippen LogP contribution in [-0.2, 0) is 6.54 Å². The van der Waals surface area contributed by atoms with Gasteiger partial charge < -0.3 is 0 Å². The van der Waals surface area contributed by atoms with E-state index in [0.29, 0.717) is 5.92 Å². The maximum atomic E-state index is 13.6. The molecule has 0 saturated carbocycles. The normalized spacial score (nSPS) is 18.6. The number of thiophene rings is 1. The summed E-state index contributed by atoms with van der Waals surface area (Å²) < 4.78 is 13.6. The highest BCUT2D eigenvalue weighted by Gasteiger charge is 2.25. The second-order valence-electron chi connectivity index (χ2n) is 6.81. The fraction of sp³-hybridized carbons (Fsp3) is 0.350. The van der Waals surface area contributed by atoms with Gasteiger partial charge in [-0.05, 0) is 61.0 Å². The zero-order chi connectivity index (χ0) is 17.2. The summed E-state index contributed by atoms with van der Waals surface area (Å²) in [6.45, 7) is 5.35. The van der Waals surface area contributed by atoms with E-state index in [0.717, 1.165) is 42.9 Å². The van der Waals surface area contributed by atoms with Crippen molar-refractivity contribution in [2.24, 2.45) is 0 Å². The molecule has 5 heteroatoms. The summed E-state index contributed by atoms with van der Waals surface area (Å²) in [5.74, 6) is 0.206. The Morgan fingerprint density at radius 2 is 2.28 bits per heavy atom. The number of hydrogen-bond acceptors (Lipinski definition) is 3.